The quantitative estimate of drug-likeness (QED) is 0.726. The van der Waals surface area contributed by atoms with Crippen molar-refractivity contribution in [2.75, 3.05) is 5.75 Å². The van der Waals surface area contributed by atoms with Gasteiger partial charge in [-0.3, -0.25) is 0 Å². The summed E-state index contributed by atoms with van der Waals surface area (Å²) in [5, 5.41) is 4.57. The summed E-state index contributed by atoms with van der Waals surface area (Å²) >= 11 is 3.42. The van der Waals surface area contributed by atoms with E-state index in [2.05, 4.69) is 52.8 Å². The third-order valence-corrected chi connectivity index (χ3v) is 5.47. The highest BCUT2D eigenvalue weighted by Crippen LogP contribution is 2.29. The molecule has 1 unspecified atom stereocenters. The lowest BCUT2D eigenvalue weighted by Crippen LogP contribution is -2.13. The Balaban J connectivity index is 1.80. The fraction of sp³-hybridized carbons (Fsp3) is 0.188. The fourth-order valence-corrected chi connectivity index (χ4v) is 4.07. The Hall–Kier alpha value is -1.36. The number of fused-ring (bicyclic) bond motifs is 1. The Morgan fingerprint density at radius 2 is 2.00 bits per heavy atom. The van der Waals surface area contributed by atoms with E-state index in [-0.39, 0.29) is 6.04 Å². The van der Waals surface area contributed by atoms with Crippen molar-refractivity contribution in [3.63, 3.8) is 0 Å². The van der Waals surface area contributed by atoms with Gasteiger partial charge in [-0.1, -0.05) is 54.2 Å². The minimum atomic E-state index is 0.0234. The number of nitrogens with two attached hydrogens (primary N) is 1. The molecule has 0 radical (unpaired) electrons. The van der Waals surface area contributed by atoms with E-state index in [0.29, 0.717) is 0 Å². The van der Waals surface area contributed by atoms with Gasteiger partial charge in [0.1, 0.15) is 4.34 Å². The molecule has 1 aromatic heterocycles. The molecule has 0 aliphatic heterocycles. The Bertz CT molecular complexity index is 716. The molecular weight excluding hydrogens is 284 g/mol. The van der Waals surface area contributed by atoms with Gasteiger partial charge in [-0.2, -0.15) is 0 Å². The molecule has 1 heterocycles. The van der Waals surface area contributed by atoms with E-state index in [1.165, 1.54) is 16.3 Å². The van der Waals surface area contributed by atoms with Gasteiger partial charge in [0.05, 0.1) is 0 Å². The van der Waals surface area contributed by atoms with Crippen LogP contribution in [0.5, 0.6) is 0 Å². The second kappa shape index (κ2) is 5.95. The molecule has 3 rings (SSSR count). The van der Waals surface area contributed by atoms with Crippen LogP contribution in [0.25, 0.3) is 10.8 Å². The van der Waals surface area contributed by atoms with Gasteiger partial charge in [0.2, 0.25) is 0 Å². The first-order valence-electron chi connectivity index (χ1n) is 6.52. The summed E-state index contributed by atoms with van der Waals surface area (Å²) in [5.74, 6) is 0.848. The molecule has 3 aromatic rings. The van der Waals surface area contributed by atoms with Crippen molar-refractivity contribution in [3.8, 4) is 0 Å². The highest BCUT2D eigenvalue weighted by Gasteiger charge is 2.11. The number of thiazole rings is 1. The van der Waals surface area contributed by atoms with E-state index >= 15 is 0 Å². The highest BCUT2D eigenvalue weighted by atomic mass is 32.2. The summed E-state index contributed by atoms with van der Waals surface area (Å²) in [6, 6.07) is 14.8. The molecule has 0 bridgehead atoms. The summed E-state index contributed by atoms with van der Waals surface area (Å²) < 4.78 is 1.10. The summed E-state index contributed by atoms with van der Waals surface area (Å²) in [7, 11) is 0. The lowest BCUT2D eigenvalue weighted by Gasteiger charge is -2.13. The second-order valence-corrected chi connectivity index (χ2v) is 6.87. The zero-order valence-corrected chi connectivity index (χ0v) is 12.9. The normalized spacial score (nSPS) is 12.7. The monoisotopic (exact) mass is 300 g/mol. The molecular formula is C16H16N2S2. The number of nitrogens with zero attached hydrogens (tertiary/aromatic N) is 1. The molecule has 2 nitrogen and oxygen atoms in total. The third kappa shape index (κ3) is 2.87. The zero-order chi connectivity index (χ0) is 13.9. The predicted octanol–water partition coefficient (Wildman–Crippen LogP) is 4.40. The average Bonchev–Trinajstić information content (AvgIpc) is 2.90. The highest BCUT2D eigenvalue weighted by molar-refractivity contribution is 8.01. The number of rotatable bonds is 4. The Morgan fingerprint density at radius 3 is 2.80 bits per heavy atom. The van der Waals surface area contributed by atoms with Crippen LogP contribution in [-0.4, -0.2) is 10.7 Å². The molecule has 0 aliphatic carbocycles. The first-order chi connectivity index (χ1) is 9.74. The number of thioether (sulfide) groups is 1. The Kier molecular flexibility index (Phi) is 4.05. The van der Waals surface area contributed by atoms with Gasteiger partial charge in [0.25, 0.3) is 0 Å². The molecule has 0 fully saturated rings. The average molecular weight is 300 g/mol. The molecule has 1 atom stereocenters. The largest absolute Gasteiger partial charge is 0.323 e. The van der Waals surface area contributed by atoms with Gasteiger partial charge < -0.3 is 5.73 Å². The minimum absolute atomic E-state index is 0.0234. The van der Waals surface area contributed by atoms with Crippen molar-refractivity contribution in [3.05, 3.63) is 59.1 Å². The molecule has 0 aliphatic rings. The summed E-state index contributed by atoms with van der Waals surface area (Å²) in [6.45, 7) is 2.02. The van der Waals surface area contributed by atoms with Crippen molar-refractivity contribution in [2.45, 2.75) is 17.3 Å². The van der Waals surface area contributed by atoms with Gasteiger partial charge in [-0.25, -0.2) is 4.98 Å². The maximum Gasteiger partial charge on any atom is 0.150 e. The fourth-order valence-electron chi connectivity index (χ4n) is 2.22. The van der Waals surface area contributed by atoms with E-state index in [4.69, 9.17) is 5.73 Å². The molecule has 0 amide bonds. The lowest BCUT2D eigenvalue weighted by atomic mass is 10.0. The molecule has 20 heavy (non-hydrogen) atoms. The maximum atomic E-state index is 6.37. The molecule has 2 aromatic carbocycles. The van der Waals surface area contributed by atoms with Gasteiger partial charge >= 0.3 is 0 Å². The topological polar surface area (TPSA) is 38.9 Å². The molecule has 0 saturated carbocycles. The summed E-state index contributed by atoms with van der Waals surface area (Å²) in [5.41, 5.74) is 8.66. The number of aromatic nitrogens is 1. The van der Waals surface area contributed by atoms with Gasteiger partial charge in [0, 0.05) is 22.9 Å². The van der Waals surface area contributed by atoms with E-state index in [1.807, 2.05) is 6.92 Å². The molecule has 0 saturated heterocycles. The van der Waals surface area contributed by atoms with Crippen LogP contribution < -0.4 is 5.73 Å². The van der Waals surface area contributed by atoms with Crippen LogP contribution in [-0.2, 0) is 0 Å². The molecule has 2 N–H and O–H groups in total. The predicted molar refractivity (Wildman–Crippen MR) is 88.5 cm³/mol. The standard InChI is InChI=1S/C16H16N2S2/c1-11-9-19-16(18-11)20-10-15(17)14-8-4-6-12-5-2-3-7-13(12)14/h2-9,15H,10,17H2,1H3. The number of hydrogen-bond acceptors (Lipinski definition) is 4. The minimum Gasteiger partial charge on any atom is -0.323 e. The van der Waals surface area contributed by atoms with Crippen LogP contribution >= 0.6 is 23.1 Å². The van der Waals surface area contributed by atoms with Crippen molar-refractivity contribution < 1.29 is 0 Å². The van der Waals surface area contributed by atoms with Crippen LogP contribution in [0.4, 0.5) is 0 Å². The second-order valence-electron chi connectivity index (χ2n) is 4.74. The molecule has 0 spiro atoms. The summed E-state index contributed by atoms with van der Waals surface area (Å²) in [6.07, 6.45) is 0. The lowest BCUT2D eigenvalue weighted by molar-refractivity contribution is 0.839. The number of aryl methyl sites for hydroxylation is 1. The van der Waals surface area contributed by atoms with Gasteiger partial charge in [0.15, 0.2) is 0 Å². The van der Waals surface area contributed by atoms with Crippen LogP contribution in [0.2, 0.25) is 0 Å². The van der Waals surface area contributed by atoms with Crippen molar-refractivity contribution in [2.24, 2.45) is 5.73 Å². The van der Waals surface area contributed by atoms with Crippen LogP contribution in [0.15, 0.2) is 52.2 Å². The Morgan fingerprint density at radius 1 is 1.20 bits per heavy atom. The van der Waals surface area contributed by atoms with E-state index in [9.17, 15) is 0 Å². The van der Waals surface area contributed by atoms with Crippen molar-refractivity contribution in [1.29, 1.82) is 0 Å². The van der Waals surface area contributed by atoms with Gasteiger partial charge in [-0.15, -0.1) is 11.3 Å². The van der Waals surface area contributed by atoms with Crippen molar-refractivity contribution in [1.82, 2.24) is 4.98 Å². The third-order valence-electron chi connectivity index (χ3n) is 3.21. The summed E-state index contributed by atoms with van der Waals surface area (Å²) in [4.78, 5) is 4.46. The van der Waals surface area contributed by atoms with Crippen molar-refractivity contribution >= 4 is 33.9 Å². The number of benzene rings is 2. The first kappa shape index (κ1) is 13.6. The smallest absolute Gasteiger partial charge is 0.150 e. The van der Waals surface area contributed by atoms with E-state index in [0.717, 1.165) is 15.8 Å². The Labute approximate surface area is 127 Å². The maximum absolute atomic E-state index is 6.37. The number of hydrogen-bond donors (Lipinski definition) is 1. The van der Waals surface area contributed by atoms with E-state index in [1.54, 1.807) is 23.1 Å². The van der Waals surface area contributed by atoms with Crippen LogP contribution in [0.1, 0.15) is 17.3 Å². The van der Waals surface area contributed by atoms with E-state index < -0.39 is 0 Å². The van der Waals surface area contributed by atoms with Gasteiger partial charge in [-0.05, 0) is 23.3 Å². The zero-order valence-electron chi connectivity index (χ0n) is 11.2. The molecule has 4 heteroatoms. The SMILES string of the molecule is Cc1csc(SCC(N)c2cccc3ccccc23)n1. The van der Waals surface area contributed by atoms with Crippen LogP contribution in [0, 0.1) is 6.92 Å². The first-order valence-corrected chi connectivity index (χ1v) is 8.39. The molecule has 102 valence electrons. The van der Waals surface area contributed by atoms with Crippen LogP contribution in [0.3, 0.4) is 0 Å².